The standard InChI is InChI=1S/C13H18N2O2S/c1-6-7-14-10(11(16)17-5)9-8-18-12(15-9)13(2,3)4/h1,8,10,14H,7H2,2-5H3. The fourth-order valence-corrected chi connectivity index (χ4v) is 2.28. The molecule has 5 heteroatoms. The Hall–Kier alpha value is -1.38. The van der Waals surface area contributed by atoms with Gasteiger partial charge in [0, 0.05) is 10.8 Å². The van der Waals surface area contributed by atoms with Gasteiger partial charge in [0.15, 0.2) is 6.04 Å². The third-order valence-corrected chi connectivity index (χ3v) is 3.59. The first-order valence-electron chi connectivity index (χ1n) is 5.60. The summed E-state index contributed by atoms with van der Waals surface area (Å²) in [6.45, 7) is 6.54. The van der Waals surface area contributed by atoms with Gasteiger partial charge in [-0.25, -0.2) is 9.78 Å². The molecule has 98 valence electrons. The Bertz CT molecular complexity index is 454. The Morgan fingerprint density at radius 2 is 2.33 bits per heavy atom. The molecule has 0 fully saturated rings. The molecular formula is C13H18N2O2S. The molecule has 0 spiro atoms. The molecule has 0 amide bonds. The minimum absolute atomic E-state index is 0.0320. The van der Waals surface area contributed by atoms with Crippen molar-refractivity contribution < 1.29 is 9.53 Å². The van der Waals surface area contributed by atoms with Gasteiger partial charge in [0.1, 0.15) is 0 Å². The molecule has 0 bridgehead atoms. The van der Waals surface area contributed by atoms with Crippen LogP contribution in [0.15, 0.2) is 5.38 Å². The van der Waals surface area contributed by atoms with E-state index in [9.17, 15) is 4.79 Å². The van der Waals surface area contributed by atoms with Crippen LogP contribution in [-0.2, 0) is 14.9 Å². The number of hydrogen-bond acceptors (Lipinski definition) is 5. The number of carbonyl (C=O) groups excluding carboxylic acids is 1. The molecular weight excluding hydrogens is 248 g/mol. The zero-order valence-corrected chi connectivity index (χ0v) is 11.9. The summed E-state index contributed by atoms with van der Waals surface area (Å²) in [6.07, 6.45) is 5.19. The Morgan fingerprint density at radius 3 is 2.78 bits per heavy atom. The number of carbonyl (C=O) groups is 1. The number of nitrogens with zero attached hydrogens (tertiary/aromatic N) is 1. The first-order chi connectivity index (χ1) is 8.40. The molecule has 0 aromatic carbocycles. The second-order valence-corrected chi connectivity index (χ2v) is 5.73. The van der Waals surface area contributed by atoms with Gasteiger partial charge >= 0.3 is 5.97 Å². The van der Waals surface area contributed by atoms with Gasteiger partial charge < -0.3 is 4.74 Å². The van der Waals surface area contributed by atoms with Gasteiger partial charge in [-0.05, 0) is 0 Å². The molecule has 0 aliphatic rings. The number of thiazole rings is 1. The first-order valence-corrected chi connectivity index (χ1v) is 6.48. The van der Waals surface area contributed by atoms with Gasteiger partial charge in [-0.1, -0.05) is 26.7 Å². The van der Waals surface area contributed by atoms with Crippen molar-refractivity contribution in [2.24, 2.45) is 0 Å². The SMILES string of the molecule is C#CCNC(C(=O)OC)c1csc(C(C)(C)C)n1. The molecule has 0 saturated heterocycles. The predicted molar refractivity (Wildman–Crippen MR) is 72.4 cm³/mol. The molecule has 0 radical (unpaired) electrons. The van der Waals surface area contributed by atoms with E-state index in [4.69, 9.17) is 11.2 Å². The number of esters is 1. The van der Waals surface area contributed by atoms with E-state index in [0.717, 1.165) is 5.01 Å². The summed E-state index contributed by atoms with van der Waals surface area (Å²) < 4.78 is 4.75. The summed E-state index contributed by atoms with van der Waals surface area (Å²) in [5.74, 6) is 2.06. The lowest BCUT2D eigenvalue weighted by Crippen LogP contribution is -2.30. The summed E-state index contributed by atoms with van der Waals surface area (Å²) in [4.78, 5) is 16.2. The van der Waals surface area contributed by atoms with E-state index in [0.29, 0.717) is 12.2 Å². The maximum absolute atomic E-state index is 11.7. The largest absolute Gasteiger partial charge is 0.468 e. The van der Waals surface area contributed by atoms with Crippen LogP contribution in [0.3, 0.4) is 0 Å². The van der Waals surface area contributed by atoms with Crippen molar-refractivity contribution in [2.45, 2.75) is 32.2 Å². The van der Waals surface area contributed by atoms with Crippen LogP contribution in [0.1, 0.15) is 37.5 Å². The van der Waals surface area contributed by atoms with Crippen molar-refractivity contribution >= 4 is 17.3 Å². The zero-order valence-electron chi connectivity index (χ0n) is 11.1. The first kappa shape index (κ1) is 14.7. The molecule has 1 heterocycles. The number of hydrogen-bond donors (Lipinski definition) is 1. The van der Waals surface area contributed by atoms with Crippen LogP contribution >= 0.6 is 11.3 Å². The fraction of sp³-hybridized carbons (Fsp3) is 0.538. The van der Waals surface area contributed by atoms with Crippen molar-refractivity contribution in [1.29, 1.82) is 0 Å². The lowest BCUT2D eigenvalue weighted by atomic mass is 9.98. The Balaban J connectivity index is 2.96. The minimum atomic E-state index is -0.599. The smallest absolute Gasteiger partial charge is 0.329 e. The van der Waals surface area contributed by atoms with Crippen molar-refractivity contribution in [1.82, 2.24) is 10.3 Å². The van der Waals surface area contributed by atoms with Crippen LogP contribution in [0.25, 0.3) is 0 Å². The van der Waals surface area contributed by atoms with E-state index in [1.807, 2.05) is 5.38 Å². The Kier molecular flexibility index (Phi) is 4.88. The lowest BCUT2D eigenvalue weighted by molar-refractivity contribution is -0.143. The summed E-state index contributed by atoms with van der Waals surface area (Å²) >= 11 is 1.54. The topological polar surface area (TPSA) is 51.2 Å². The van der Waals surface area contributed by atoms with Gasteiger partial charge in [-0.3, -0.25) is 5.32 Å². The maximum atomic E-state index is 11.7. The van der Waals surface area contributed by atoms with E-state index >= 15 is 0 Å². The van der Waals surface area contributed by atoms with Gasteiger partial charge in [0.2, 0.25) is 0 Å². The molecule has 4 nitrogen and oxygen atoms in total. The molecule has 18 heavy (non-hydrogen) atoms. The average Bonchev–Trinajstić information content (AvgIpc) is 2.78. The van der Waals surface area contributed by atoms with Gasteiger partial charge in [-0.2, -0.15) is 0 Å². The fourth-order valence-electron chi connectivity index (χ4n) is 1.35. The minimum Gasteiger partial charge on any atom is -0.468 e. The zero-order chi connectivity index (χ0) is 13.8. The van der Waals surface area contributed by atoms with Crippen molar-refractivity contribution in [3.05, 3.63) is 16.1 Å². The number of aromatic nitrogens is 1. The normalized spacial score (nSPS) is 12.8. The quantitative estimate of drug-likeness (QED) is 0.668. The summed E-state index contributed by atoms with van der Waals surface area (Å²) in [5, 5.41) is 5.78. The number of terminal acetylenes is 1. The lowest BCUT2D eigenvalue weighted by Gasteiger charge is -2.15. The number of methoxy groups -OCH3 is 1. The number of rotatable bonds is 4. The second kappa shape index (κ2) is 5.98. The summed E-state index contributed by atoms with van der Waals surface area (Å²) in [7, 11) is 1.35. The Morgan fingerprint density at radius 1 is 1.67 bits per heavy atom. The number of ether oxygens (including phenoxy) is 1. The molecule has 0 aliphatic carbocycles. The molecule has 1 unspecified atom stereocenters. The van der Waals surface area contributed by atoms with Crippen molar-refractivity contribution in [3.63, 3.8) is 0 Å². The molecule has 1 aromatic heterocycles. The van der Waals surface area contributed by atoms with Crippen molar-refractivity contribution in [3.8, 4) is 12.3 Å². The van der Waals surface area contributed by atoms with E-state index in [1.54, 1.807) is 0 Å². The molecule has 1 atom stereocenters. The molecule has 1 aromatic rings. The van der Waals surface area contributed by atoms with Crippen LogP contribution in [0.5, 0.6) is 0 Å². The molecule has 1 N–H and O–H groups in total. The van der Waals surface area contributed by atoms with E-state index in [2.05, 4.69) is 37.0 Å². The monoisotopic (exact) mass is 266 g/mol. The highest BCUT2D eigenvalue weighted by Gasteiger charge is 2.26. The maximum Gasteiger partial charge on any atom is 0.329 e. The average molecular weight is 266 g/mol. The molecule has 0 aliphatic heterocycles. The van der Waals surface area contributed by atoms with Gasteiger partial charge in [0.05, 0.1) is 24.4 Å². The highest BCUT2D eigenvalue weighted by Crippen LogP contribution is 2.28. The van der Waals surface area contributed by atoms with E-state index < -0.39 is 6.04 Å². The second-order valence-electron chi connectivity index (χ2n) is 4.87. The van der Waals surface area contributed by atoms with Crippen LogP contribution in [0.4, 0.5) is 0 Å². The third kappa shape index (κ3) is 3.56. The van der Waals surface area contributed by atoms with Gasteiger partial charge in [-0.15, -0.1) is 17.8 Å². The van der Waals surface area contributed by atoms with E-state index in [1.165, 1.54) is 18.4 Å². The van der Waals surface area contributed by atoms with Crippen LogP contribution in [-0.4, -0.2) is 24.6 Å². The predicted octanol–water partition coefficient (Wildman–Crippen LogP) is 1.88. The Labute approximate surface area is 112 Å². The third-order valence-electron chi connectivity index (χ3n) is 2.30. The van der Waals surface area contributed by atoms with Crippen LogP contribution in [0, 0.1) is 12.3 Å². The molecule has 1 rings (SSSR count). The highest BCUT2D eigenvalue weighted by molar-refractivity contribution is 7.09. The molecule has 0 saturated carbocycles. The van der Waals surface area contributed by atoms with Crippen LogP contribution < -0.4 is 5.32 Å². The summed E-state index contributed by atoms with van der Waals surface area (Å²) in [6, 6.07) is -0.599. The highest BCUT2D eigenvalue weighted by atomic mass is 32.1. The van der Waals surface area contributed by atoms with Crippen molar-refractivity contribution in [2.75, 3.05) is 13.7 Å². The van der Waals surface area contributed by atoms with E-state index in [-0.39, 0.29) is 11.4 Å². The summed E-state index contributed by atoms with van der Waals surface area (Å²) in [5.41, 5.74) is 0.627. The van der Waals surface area contributed by atoms with Gasteiger partial charge in [0.25, 0.3) is 0 Å². The van der Waals surface area contributed by atoms with Crippen LogP contribution in [0.2, 0.25) is 0 Å². The number of nitrogens with one attached hydrogen (secondary N) is 1.